The molecule has 0 radical (unpaired) electrons. The first-order valence-corrected chi connectivity index (χ1v) is 9.16. The van der Waals surface area contributed by atoms with E-state index in [-0.39, 0.29) is 35.4 Å². The molecule has 1 atom stereocenters. The molecular formula is C18H23FN4O4. The van der Waals surface area contributed by atoms with Gasteiger partial charge in [-0.25, -0.2) is 9.18 Å². The first-order chi connectivity index (χ1) is 13.0. The summed E-state index contributed by atoms with van der Waals surface area (Å²) < 4.78 is 22.6. The minimum absolute atomic E-state index is 0.0354. The Balaban J connectivity index is 1.98. The molecule has 2 fully saturated rings. The fourth-order valence-corrected chi connectivity index (χ4v) is 4.05. The van der Waals surface area contributed by atoms with Gasteiger partial charge in [0.05, 0.1) is 12.5 Å². The van der Waals surface area contributed by atoms with Gasteiger partial charge in [-0.2, -0.15) is 4.68 Å². The molecule has 3 N–H and O–H groups in total. The molecule has 2 aliphatic rings. The molecule has 0 bridgehead atoms. The molecule has 1 saturated heterocycles. The minimum Gasteiger partial charge on any atom is -0.492 e. The molecule has 27 heavy (non-hydrogen) atoms. The van der Waals surface area contributed by atoms with Crippen LogP contribution in [0, 0.1) is 11.7 Å². The lowest BCUT2D eigenvalue weighted by atomic mass is 10.1. The number of aliphatic hydroxyl groups excluding tert-OH is 1. The maximum atomic E-state index is 15.0. The van der Waals surface area contributed by atoms with E-state index in [1.807, 2.05) is 4.90 Å². The van der Waals surface area contributed by atoms with Crippen LogP contribution in [0.1, 0.15) is 31.7 Å². The number of ether oxygens (including phenoxy) is 1. The summed E-state index contributed by atoms with van der Waals surface area (Å²) in [7, 11) is 1.41. The van der Waals surface area contributed by atoms with Crippen molar-refractivity contribution in [2.75, 3.05) is 37.5 Å². The van der Waals surface area contributed by atoms with Crippen molar-refractivity contribution < 1.29 is 14.2 Å². The Bertz CT molecular complexity index is 1010. The average Bonchev–Trinajstić information content (AvgIpc) is 3.38. The predicted molar refractivity (Wildman–Crippen MR) is 99.4 cm³/mol. The van der Waals surface area contributed by atoms with E-state index in [1.165, 1.54) is 11.7 Å². The zero-order valence-corrected chi connectivity index (χ0v) is 15.2. The van der Waals surface area contributed by atoms with E-state index in [2.05, 4.69) is 0 Å². The Morgan fingerprint density at radius 2 is 2.07 bits per heavy atom. The summed E-state index contributed by atoms with van der Waals surface area (Å²) in [6.45, 7) is 1.29. The van der Waals surface area contributed by atoms with Crippen molar-refractivity contribution >= 4 is 16.6 Å². The quantitative estimate of drug-likeness (QED) is 0.738. The zero-order valence-electron chi connectivity index (χ0n) is 15.2. The predicted octanol–water partition coefficient (Wildman–Crippen LogP) is 0.568. The van der Waals surface area contributed by atoms with Crippen molar-refractivity contribution in [3.05, 3.63) is 32.7 Å². The number of anilines is 1. The summed E-state index contributed by atoms with van der Waals surface area (Å²) in [5.41, 5.74) is -0.798. The van der Waals surface area contributed by atoms with Crippen LogP contribution >= 0.6 is 0 Å². The van der Waals surface area contributed by atoms with E-state index in [0.717, 1.165) is 25.3 Å². The van der Waals surface area contributed by atoms with E-state index in [0.29, 0.717) is 29.7 Å². The fourth-order valence-electron chi connectivity index (χ4n) is 4.05. The molecule has 1 unspecified atom stereocenters. The third-order valence-electron chi connectivity index (χ3n) is 5.54. The van der Waals surface area contributed by atoms with E-state index in [9.17, 15) is 9.59 Å². The second-order valence-corrected chi connectivity index (χ2v) is 7.31. The summed E-state index contributed by atoms with van der Waals surface area (Å²) >= 11 is 0. The highest BCUT2D eigenvalue weighted by molar-refractivity contribution is 5.91. The highest BCUT2D eigenvalue weighted by atomic mass is 19.1. The standard InChI is InChI=1S/C18H23FN4O4/c1-27-16-14-12(17(25)23(20)18(26)22(14)11-2-3-11)8-13(19)15(16)21-6-4-10(9-21)5-7-24/h8,10-11,24H,2-7,9,20H2,1H3. The molecule has 0 amide bonds. The molecule has 9 heteroatoms. The summed E-state index contributed by atoms with van der Waals surface area (Å²) in [6, 6.07) is 1.08. The second-order valence-electron chi connectivity index (χ2n) is 7.31. The summed E-state index contributed by atoms with van der Waals surface area (Å²) in [5, 5.41) is 9.20. The normalized spacial score (nSPS) is 19.8. The van der Waals surface area contributed by atoms with Crippen molar-refractivity contribution in [2.24, 2.45) is 5.92 Å². The van der Waals surface area contributed by atoms with Crippen molar-refractivity contribution in [1.82, 2.24) is 9.24 Å². The van der Waals surface area contributed by atoms with E-state index >= 15 is 4.39 Å². The zero-order chi connectivity index (χ0) is 19.3. The number of hydrogen-bond donors (Lipinski definition) is 2. The van der Waals surface area contributed by atoms with Gasteiger partial charge in [-0.05, 0) is 37.7 Å². The van der Waals surface area contributed by atoms with Gasteiger partial charge >= 0.3 is 5.69 Å². The molecule has 2 heterocycles. The van der Waals surface area contributed by atoms with Gasteiger partial charge in [0.2, 0.25) is 0 Å². The largest absolute Gasteiger partial charge is 0.492 e. The van der Waals surface area contributed by atoms with E-state index in [4.69, 9.17) is 15.7 Å². The van der Waals surface area contributed by atoms with Gasteiger partial charge in [-0.15, -0.1) is 0 Å². The van der Waals surface area contributed by atoms with Crippen molar-refractivity contribution in [1.29, 1.82) is 0 Å². The van der Waals surface area contributed by atoms with Gasteiger partial charge in [0.25, 0.3) is 5.56 Å². The number of hydrogen-bond acceptors (Lipinski definition) is 6. The number of aliphatic hydroxyl groups is 1. The number of benzene rings is 1. The van der Waals surface area contributed by atoms with Crippen LogP contribution in [-0.2, 0) is 0 Å². The summed E-state index contributed by atoms with van der Waals surface area (Å²) in [6.07, 6.45) is 3.08. The number of halogens is 1. The molecular weight excluding hydrogens is 355 g/mol. The van der Waals surface area contributed by atoms with Crippen LogP contribution in [0.3, 0.4) is 0 Å². The number of fused-ring (bicyclic) bond motifs is 1. The number of aromatic nitrogens is 2. The number of nitrogens with zero attached hydrogens (tertiary/aromatic N) is 3. The molecule has 2 aromatic rings. The van der Waals surface area contributed by atoms with Gasteiger partial charge in [-0.1, -0.05) is 0 Å². The third-order valence-corrected chi connectivity index (χ3v) is 5.54. The van der Waals surface area contributed by atoms with Crippen LogP contribution in [0.15, 0.2) is 15.7 Å². The molecule has 1 aromatic carbocycles. The fraction of sp³-hybridized carbons (Fsp3) is 0.556. The Hall–Kier alpha value is -2.55. The number of nitrogens with two attached hydrogens (primary N) is 1. The van der Waals surface area contributed by atoms with Gasteiger partial charge in [0.15, 0.2) is 11.6 Å². The number of nitrogen functional groups attached to an aromatic ring is 1. The maximum Gasteiger partial charge on any atom is 0.350 e. The van der Waals surface area contributed by atoms with Gasteiger partial charge in [0.1, 0.15) is 11.2 Å². The summed E-state index contributed by atoms with van der Waals surface area (Å²) in [5.74, 6) is 5.51. The highest BCUT2D eigenvalue weighted by Crippen LogP contribution is 2.43. The molecule has 146 valence electrons. The van der Waals surface area contributed by atoms with Gasteiger partial charge in [0, 0.05) is 25.7 Å². The lowest BCUT2D eigenvalue weighted by Gasteiger charge is -2.24. The van der Waals surface area contributed by atoms with Crippen LogP contribution < -0.4 is 26.7 Å². The monoisotopic (exact) mass is 378 g/mol. The average molecular weight is 378 g/mol. The van der Waals surface area contributed by atoms with Crippen molar-refractivity contribution in [3.63, 3.8) is 0 Å². The lowest BCUT2D eigenvalue weighted by molar-refractivity contribution is 0.263. The van der Waals surface area contributed by atoms with Crippen LogP contribution in [0.25, 0.3) is 10.9 Å². The smallest absolute Gasteiger partial charge is 0.350 e. The van der Waals surface area contributed by atoms with E-state index < -0.39 is 17.1 Å². The number of rotatable bonds is 5. The Morgan fingerprint density at radius 1 is 1.33 bits per heavy atom. The third kappa shape index (κ3) is 2.77. The van der Waals surface area contributed by atoms with Crippen molar-refractivity contribution in [3.8, 4) is 5.75 Å². The summed E-state index contributed by atoms with van der Waals surface area (Å²) in [4.78, 5) is 27.0. The molecule has 1 aromatic heterocycles. The SMILES string of the molecule is COc1c(N2CCC(CCO)C2)c(F)cc2c(=O)n(N)c(=O)n(C3CC3)c12. The maximum absolute atomic E-state index is 15.0. The molecule has 8 nitrogen and oxygen atoms in total. The van der Waals surface area contributed by atoms with Crippen LogP contribution in [-0.4, -0.2) is 41.2 Å². The first kappa shape index (κ1) is 17.8. The van der Waals surface area contributed by atoms with E-state index in [1.54, 1.807) is 0 Å². The van der Waals surface area contributed by atoms with Crippen molar-refractivity contribution in [2.45, 2.75) is 31.7 Å². The van der Waals surface area contributed by atoms with Crippen LogP contribution in [0.4, 0.5) is 10.1 Å². The Kier molecular flexibility index (Phi) is 4.33. The van der Waals surface area contributed by atoms with Gasteiger partial charge < -0.3 is 20.6 Å². The molecule has 1 aliphatic carbocycles. The molecule has 4 rings (SSSR count). The van der Waals surface area contributed by atoms with Crippen LogP contribution in [0.5, 0.6) is 5.75 Å². The molecule has 0 spiro atoms. The minimum atomic E-state index is -0.741. The first-order valence-electron chi connectivity index (χ1n) is 9.16. The Labute approximate surface area is 154 Å². The number of methoxy groups -OCH3 is 1. The highest BCUT2D eigenvalue weighted by Gasteiger charge is 2.33. The van der Waals surface area contributed by atoms with Crippen LogP contribution in [0.2, 0.25) is 0 Å². The topological polar surface area (TPSA) is 103 Å². The van der Waals surface area contributed by atoms with Gasteiger partial charge in [-0.3, -0.25) is 9.36 Å². The Morgan fingerprint density at radius 3 is 2.70 bits per heavy atom. The molecule has 1 aliphatic heterocycles. The lowest BCUT2D eigenvalue weighted by Crippen LogP contribution is -2.44. The molecule has 1 saturated carbocycles. The second kappa shape index (κ2) is 6.56.